The summed E-state index contributed by atoms with van der Waals surface area (Å²) in [6, 6.07) is 3.28. The van der Waals surface area contributed by atoms with Crippen LogP contribution in [-0.4, -0.2) is 96.6 Å². The van der Waals surface area contributed by atoms with Gasteiger partial charge in [-0.3, -0.25) is 9.59 Å². The first kappa shape index (κ1) is 27.3. The van der Waals surface area contributed by atoms with E-state index in [1.807, 2.05) is 0 Å². The summed E-state index contributed by atoms with van der Waals surface area (Å²) < 4.78 is 60.2. The van der Waals surface area contributed by atoms with Gasteiger partial charge in [-0.2, -0.15) is 18.3 Å². The summed E-state index contributed by atoms with van der Waals surface area (Å²) in [5.74, 6) is -4.76. The van der Waals surface area contributed by atoms with Gasteiger partial charge in [-0.05, 0) is 30.4 Å². The largest absolute Gasteiger partial charge is 0.500 e. The van der Waals surface area contributed by atoms with Crippen LogP contribution in [0, 0.1) is 5.92 Å². The number of anilines is 1. The molecule has 3 unspecified atom stereocenters. The van der Waals surface area contributed by atoms with E-state index in [4.69, 9.17) is 34.0 Å². The number of alkyl halides is 4. The van der Waals surface area contributed by atoms with Gasteiger partial charge in [0.2, 0.25) is 11.8 Å². The van der Waals surface area contributed by atoms with Crippen molar-refractivity contribution in [1.29, 1.82) is 0 Å². The number of carbonyl (C=O) groups excluding carboxylic acids is 2. The van der Waals surface area contributed by atoms with Gasteiger partial charge in [0.25, 0.3) is 5.91 Å². The Morgan fingerprint density at radius 2 is 1.92 bits per heavy atom. The van der Waals surface area contributed by atoms with Gasteiger partial charge < -0.3 is 20.7 Å². The number of hydrogen-bond acceptors (Lipinski definition) is 7. The first-order chi connectivity index (χ1) is 17.7. The van der Waals surface area contributed by atoms with Crippen LogP contribution in [0.15, 0.2) is 30.7 Å². The fourth-order valence-corrected chi connectivity index (χ4v) is 3.92. The number of hydrogen-bond donors (Lipinski definition) is 2. The van der Waals surface area contributed by atoms with Crippen molar-refractivity contribution >= 4 is 46.7 Å². The number of ether oxygens (including phenoxy) is 1. The molecule has 1 aliphatic rings. The summed E-state index contributed by atoms with van der Waals surface area (Å²) >= 11 is 0. The Morgan fingerprint density at radius 1 is 1.21 bits per heavy atom. The molecular formula is C21H18B3F4N7O3. The number of carbonyl (C=O) groups is 2. The van der Waals surface area contributed by atoms with Gasteiger partial charge in [0.1, 0.15) is 53.0 Å². The van der Waals surface area contributed by atoms with Gasteiger partial charge >= 0.3 is 6.18 Å². The third-order valence-electron chi connectivity index (χ3n) is 5.88. The van der Waals surface area contributed by atoms with E-state index in [1.165, 1.54) is 23.1 Å². The van der Waals surface area contributed by atoms with E-state index in [-0.39, 0.29) is 11.4 Å². The number of aromatic nitrogens is 4. The van der Waals surface area contributed by atoms with Crippen LogP contribution in [0.25, 0.3) is 16.8 Å². The van der Waals surface area contributed by atoms with E-state index >= 15 is 0 Å². The van der Waals surface area contributed by atoms with Gasteiger partial charge in [-0.25, -0.2) is 18.9 Å². The zero-order valence-corrected chi connectivity index (χ0v) is 19.8. The number of nitrogens with one attached hydrogen (secondary N) is 1. The molecule has 3 aromatic heterocycles. The molecule has 0 bridgehead atoms. The molecule has 38 heavy (non-hydrogen) atoms. The smallest absolute Gasteiger partial charge is 0.400 e. The van der Waals surface area contributed by atoms with Crippen LogP contribution < -0.4 is 15.8 Å². The minimum Gasteiger partial charge on any atom is -0.500 e. The molecule has 10 nitrogen and oxygen atoms in total. The van der Waals surface area contributed by atoms with Crippen molar-refractivity contribution in [2.75, 3.05) is 18.8 Å². The normalized spacial score (nSPS) is 18.9. The highest BCUT2D eigenvalue weighted by atomic mass is 19.4. The van der Waals surface area contributed by atoms with Crippen LogP contribution in [-0.2, 0) is 4.79 Å². The molecule has 1 aliphatic heterocycles. The highest BCUT2D eigenvalue weighted by molar-refractivity contribution is 6.58. The van der Waals surface area contributed by atoms with Gasteiger partial charge in [-0.1, -0.05) is 0 Å². The summed E-state index contributed by atoms with van der Waals surface area (Å²) in [5.41, 5.74) is 6.85. The van der Waals surface area contributed by atoms with E-state index in [0.29, 0.717) is 28.6 Å². The van der Waals surface area contributed by atoms with Crippen molar-refractivity contribution < 1.29 is 31.9 Å². The summed E-state index contributed by atoms with van der Waals surface area (Å²) in [7, 11) is 16.5. The molecule has 1 fully saturated rings. The molecule has 4 rings (SSSR count). The predicted octanol–water partition coefficient (Wildman–Crippen LogP) is 0.346. The molecule has 17 heteroatoms. The Bertz CT molecular complexity index is 1380. The lowest BCUT2D eigenvalue weighted by molar-refractivity contribution is -0.185. The summed E-state index contributed by atoms with van der Waals surface area (Å²) in [6.07, 6.45) is -4.09. The summed E-state index contributed by atoms with van der Waals surface area (Å²) in [5, 5.41) is 4.26. The minimum atomic E-state index is -4.79. The molecule has 0 saturated carbocycles. The van der Waals surface area contributed by atoms with Gasteiger partial charge in [0.15, 0.2) is 5.82 Å². The Hall–Kier alpha value is -3.78. The molecule has 0 spiro atoms. The number of nitrogens with two attached hydrogens (primary N) is 1. The molecule has 2 amide bonds. The van der Waals surface area contributed by atoms with Gasteiger partial charge in [-0.15, -0.1) is 0 Å². The SMILES string of the molecule is [B]C([B])([B])Oc1ncc(-c2ccc3c(N)ncnn23)cc1C(=O)NC1CN(C(=O)C(C)C(F)(F)F)CC1F. The Morgan fingerprint density at radius 3 is 2.58 bits per heavy atom. The Labute approximate surface area is 217 Å². The standard InChI is InChI=1S/C21H18B3F4N7O3/c1-9(20(26,27)28)19(37)34-6-12(25)13(7-34)33-17(36)11-4-10(5-30-18(11)38-21(22,23)24)14-2-3-15-16(29)31-8-32-35(14)15/h2-5,8-9,12-13H,6-7H2,1H3,(H,33,36)(H2,29,31,32). The van der Waals surface area contributed by atoms with Crippen LogP contribution in [0.2, 0.25) is 0 Å². The molecule has 4 heterocycles. The lowest BCUT2D eigenvalue weighted by atomic mass is 9.52. The second-order valence-electron chi connectivity index (χ2n) is 8.80. The first-order valence-electron chi connectivity index (χ1n) is 11.1. The Balaban J connectivity index is 1.63. The van der Waals surface area contributed by atoms with Crippen molar-refractivity contribution in [3.8, 4) is 17.1 Å². The third kappa shape index (κ3) is 5.55. The number of pyridine rings is 1. The van der Waals surface area contributed by atoms with Crippen molar-refractivity contribution in [3.05, 3.63) is 36.3 Å². The fraction of sp³-hybridized carbons (Fsp3) is 0.381. The highest BCUT2D eigenvalue weighted by Crippen LogP contribution is 2.30. The summed E-state index contributed by atoms with van der Waals surface area (Å²) in [6.45, 7) is -0.422. The quantitative estimate of drug-likeness (QED) is 0.352. The van der Waals surface area contributed by atoms with Gasteiger partial charge in [0, 0.05) is 18.3 Å². The minimum absolute atomic E-state index is 0.200. The highest BCUT2D eigenvalue weighted by Gasteiger charge is 2.46. The first-order valence-corrected chi connectivity index (χ1v) is 11.1. The number of fused-ring (bicyclic) bond motifs is 1. The monoisotopic (exact) mass is 525 g/mol. The lowest BCUT2D eigenvalue weighted by Gasteiger charge is -2.25. The number of rotatable bonds is 6. The van der Waals surface area contributed by atoms with Crippen LogP contribution in [0.1, 0.15) is 17.3 Å². The van der Waals surface area contributed by atoms with Crippen molar-refractivity contribution in [3.63, 3.8) is 0 Å². The molecule has 0 aliphatic carbocycles. The zero-order chi connectivity index (χ0) is 28.0. The van der Waals surface area contributed by atoms with Crippen LogP contribution in [0.3, 0.4) is 0 Å². The molecule has 3 atom stereocenters. The average Bonchev–Trinajstić information content (AvgIpc) is 3.41. The summed E-state index contributed by atoms with van der Waals surface area (Å²) in [4.78, 5) is 34.1. The molecule has 3 N–H and O–H groups in total. The van der Waals surface area contributed by atoms with E-state index < -0.39 is 60.4 Å². The maximum absolute atomic E-state index is 14.7. The topological polar surface area (TPSA) is 128 Å². The maximum Gasteiger partial charge on any atom is 0.400 e. The van der Waals surface area contributed by atoms with E-state index in [0.717, 1.165) is 0 Å². The van der Waals surface area contributed by atoms with Gasteiger partial charge in [0.05, 0.1) is 18.3 Å². The predicted molar refractivity (Wildman–Crippen MR) is 129 cm³/mol. The van der Waals surface area contributed by atoms with Crippen molar-refractivity contribution in [2.24, 2.45) is 5.92 Å². The maximum atomic E-state index is 14.7. The van der Waals surface area contributed by atoms with E-state index in [1.54, 1.807) is 12.1 Å². The second kappa shape index (κ2) is 9.84. The zero-order valence-electron chi connectivity index (χ0n) is 19.8. The Kier molecular flexibility index (Phi) is 7.06. The molecule has 0 aromatic carbocycles. The molecule has 192 valence electrons. The number of nitrogen functional groups attached to an aromatic ring is 1. The van der Waals surface area contributed by atoms with Crippen molar-refractivity contribution in [2.45, 2.75) is 30.6 Å². The molecular weight excluding hydrogens is 507 g/mol. The molecule has 3 aromatic rings. The second-order valence-corrected chi connectivity index (χ2v) is 8.80. The number of halogens is 4. The number of likely N-dealkylation sites (tertiary alicyclic amines) is 1. The fourth-order valence-electron chi connectivity index (χ4n) is 3.92. The van der Waals surface area contributed by atoms with Crippen LogP contribution in [0.4, 0.5) is 23.4 Å². The van der Waals surface area contributed by atoms with Crippen LogP contribution >= 0.6 is 0 Å². The molecule has 1 saturated heterocycles. The third-order valence-corrected chi connectivity index (χ3v) is 5.88. The number of amides is 2. The average molecular weight is 525 g/mol. The van der Waals surface area contributed by atoms with Crippen LogP contribution in [0.5, 0.6) is 5.88 Å². The lowest BCUT2D eigenvalue weighted by Crippen LogP contribution is -2.44. The molecule has 6 radical (unpaired) electrons. The number of nitrogens with zero attached hydrogens (tertiary/aromatic N) is 5. The van der Waals surface area contributed by atoms with E-state index in [9.17, 15) is 27.2 Å². The van der Waals surface area contributed by atoms with Crippen molar-refractivity contribution in [1.82, 2.24) is 29.8 Å². The van der Waals surface area contributed by atoms with E-state index in [2.05, 4.69) is 20.4 Å².